The van der Waals surface area contributed by atoms with E-state index in [-0.39, 0.29) is 6.10 Å². The highest BCUT2D eigenvalue weighted by Gasteiger charge is 2.12. The van der Waals surface area contributed by atoms with Gasteiger partial charge in [0.2, 0.25) is 0 Å². The standard InChI is InChI=1S/C11H14ClNOS/c1-3-9(11(13)15)14-10-6-8(12)5-4-7(10)2/h4-6,9H,3H2,1-2H3,(H2,13,15). The number of benzene rings is 1. The van der Waals surface area contributed by atoms with Crippen molar-refractivity contribution >= 4 is 28.8 Å². The fraction of sp³-hybridized carbons (Fsp3) is 0.364. The number of rotatable bonds is 4. The average Bonchev–Trinajstić information content (AvgIpc) is 2.18. The van der Waals surface area contributed by atoms with Crippen molar-refractivity contribution in [2.45, 2.75) is 26.4 Å². The van der Waals surface area contributed by atoms with Gasteiger partial charge >= 0.3 is 0 Å². The van der Waals surface area contributed by atoms with E-state index in [0.717, 1.165) is 17.7 Å². The summed E-state index contributed by atoms with van der Waals surface area (Å²) in [6, 6.07) is 5.51. The first-order valence-electron chi connectivity index (χ1n) is 4.76. The van der Waals surface area contributed by atoms with Crippen LogP contribution < -0.4 is 10.5 Å². The molecule has 2 N–H and O–H groups in total. The summed E-state index contributed by atoms with van der Waals surface area (Å²) in [5.41, 5.74) is 6.58. The van der Waals surface area contributed by atoms with Crippen molar-refractivity contribution in [3.63, 3.8) is 0 Å². The van der Waals surface area contributed by atoms with Gasteiger partial charge in [0.15, 0.2) is 0 Å². The molecule has 15 heavy (non-hydrogen) atoms. The highest BCUT2D eigenvalue weighted by Crippen LogP contribution is 2.24. The van der Waals surface area contributed by atoms with E-state index < -0.39 is 0 Å². The number of hydrogen-bond donors (Lipinski definition) is 1. The van der Waals surface area contributed by atoms with Crippen LogP contribution in [-0.2, 0) is 0 Å². The van der Waals surface area contributed by atoms with Gasteiger partial charge in [0.05, 0.1) is 0 Å². The lowest BCUT2D eigenvalue weighted by atomic mass is 10.2. The molecule has 0 aliphatic heterocycles. The van der Waals surface area contributed by atoms with Gasteiger partial charge < -0.3 is 10.5 Å². The first kappa shape index (κ1) is 12.3. The monoisotopic (exact) mass is 243 g/mol. The van der Waals surface area contributed by atoms with Gasteiger partial charge in [-0.25, -0.2) is 0 Å². The number of ether oxygens (including phenoxy) is 1. The fourth-order valence-corrected chi connectivity index (χ4v) is 1.57. The average molecular weight is 244 g/mol. The van der Waals surface area contributed by atoms with Crippen molar-refractivity contribution in [2.75, 3.05) is 0 Å². The van der Waals surface area contributed by atoms with Crippen LogP contribution in [0.15, 0.2) is 18.2 Å². The SMILES string of the molecule is CCC(Oc1cc(Cl)ccc1C)C(N)=S. The summed E-state index contributed by atoms with van der Waals surface area (Å²) < 4.78 is 5.69. The minimum atomic E-state index is -0.225. The van der Waals surface area contributed by atoms with Gasteiger partial charge in [0, 0.05) is 5.02 Å². The topological polar surface area (TPSA) is 35.2 Å². The molecule has 0 radical (unpaired) electrons. The van der Waals surface area contributed by atoms with Crippen LogP contribution in [0.4, 0.5) is 0 Å². The highest BCUT2D eigenvalue weighted by molar-refractivity contribution is 7.80. The Hall–Kier alpha value is -0.800. The summed E-state index contributed by atoms with van der Waals surface area (Å²) in [6.07, 6.45) is 0.526. The molecule has 0 fully saturated rings. The van der Waals surface area contributed by atoms with E-state index in [1.165, 1.54) is 0 Å². The summed E-state index contributed by atoms with van der Waals surface area (Å²) in [7, 11) is 0. The number of hydrogen-bond acceptors (Lipinski definition) is 2. The van der Waals surface area contributed by atoms with E-state index in [1.54, 1.807) is 6.07 Å². The maximum Gasteiger partial charge on any atom is 0.148 e. The van der Waals surface area contributed by atoms with E-state index in [1.807, 2.05) is 26.0 Å². The molecule has 0 aliphatic rings. The van der Waals surface area contributed by atoms with Crippen molar-refractivity contribution in [3.05, 3.63) is 28.8 Å². The van der Waals surface area contributed by atoms with Crippen LogP contribution in [0.2, 0.25) is 5.02 Å². The van der Waals surface area contributed by atoms with Crippen molar-refractivity contribution in [1.82, 2.24) is 0 Å². The molecule has 1 aromatic rings. The molecule has 1 aromatic carbocycles. The first-order valence-corrected chi connectivity index (χ1v) is 5.55. The Balaban J connectivity index is 2.87. The van der Waals surface area contributed by atoms with Crippen LogP contribution in [-0.4, -0.2) is 11.1 Å². The van der Waals surface area contributed by atoms with Crippen molar-refractivity contribution in [1.29, 1.82) is 0 Å². The number of thiocarbonyl (C=S) groups is 1. The van der Waals surface area contributed by atoms with Crippen LogP contribution in [0.5, 0.6) is 5.75 Å². The zero-order valence-electron chi connectivity index (χ0n) is 8.79. The molecule has 0 aliphatic carbocycles. The van der Waals surface area contributed by atoms with Crippen LogP contribution >= 0.6 is 23.8 Å². The predicted octanol–water partition coefficient (Wildman–Crippen LogP) is 3.09. The largest absolute Gasteiger partial charge is 0.483 e. The van der Waals surface area contributed by atoms with E-state index in [9.17, 15) is 0 Å². The van der Waals surface area contributed by atoms with Gasteiger partial charge in [-0.1, -0.05) is 36.8 Å². The molecule has 0 bridgehead atoms. The number of halogens is 1. The quantitative estimate of drug-likeness (QED) is 0.826. The molecule has 0 heterocycles. The lowest BCUT2D eigenvalue weighted by Gasteiger charge is -2.17. The Morgan fingerprint density at radius 3 is 2.80 bits per heavy atom. The van der Waals surface area contributed by atoms with Crippen molar-refractivity contribution < 1.29 is 4.74 Å². The van der Waals surface area contributed by atoms with Crippen molar-refractivity contribution in [3.8, 4) is 5.75 Å². The zero-order chi connectivity index (χ0) is 11.4. The normalized spacial score (nSPS) is 12.2. The van der Waals surface area contributed by atoms with Crippen LogP contribution in [0.3, 0.4) is 0 Å². The molecule has 0 amide bonds. The second-order valence-corrected chi connectivity index (χ2v) is 4.23. The highest BCUT2D eigenvalue weighted by atomic mass is 35.5. The summed E-state index contributed by atoms with van der Waals surface area (Å²) in [5, 5.41) is 0.647. The van der Waals surface area contributed by atoms with Crippen LogP contribution in [0.1, 0.15) is 18.9 Å². The molecule has 82 valence electrons. The fourth-order valence-electron chi connectivity index (χ4n) is 1.20. The molecular formula is C11H14ClNOS. The Bertz CT molecular complexity index is 368. The molecule has 0 saturated heterocycles. The van der Waals surface area contributed by atoms with Gasteiger partial charge in [-0.3, -0.25) is 0 Å². The van der Waals surface area contributed by atoms with E-state index in [4.69, 9.17) is 34.3 Å². The molecule has 0 aromatic heterocycles. The van der Waals surface area contributed by atoms with Crippen LogP contribution in [0.25, 0.3) is 0 Å². The minimum Gasteiger partial charge on any atom is -0.483 e. The molecule has 1 rings (SSSR count). The zero-order valence-corrected chi connectivity index (χ0v) is 10.4. The Morgan fingerprint density at radius 1 is 1.60 bits per heavy atom. The van der Waals surface area contributed by atoms with Gasteiger partial charge in [-0.15, -0.1) is 0 Å². The molecule has 2 nitrogen and oxygen atoms in total. The van der Waals surface area contributed by atoms with Crippen LogP contribution in [0, 0.1) is 6.92 Å². The second kappa shape index (κ2) is 5.33. The molecule has 0 saturated carbocycles. The lowest BCUT2D eigenvalue weighted by Crippen LogP contribution is -2.31. The summed E-state index contributed by atoms with van der Waals surface area (Å²) in [5.74, 6) is 0.738. The van der Waals surface area contributed by atoms with Gasteiger partial charge in [0.1, 0.15) is 16.8 Å². The molecule has 0 spiro atoms. The van der Waals surface area contributed by atoms with Gasteiger partial charge in [-0.05, 0) is 31.0 Å². The maximum absolute atomic E-state index is 5.88. The Kier molecular flexibility index (Phi) is 4.36. The smallest absolute Gasteiger partial charge is 0.148 e. The van der Waals surface area contributed by atoms with Gasteiger partial charge in [0.25, 0.3) is 0 Å². The summed E-state index contributed by atoms with van der Waals surface area (Å²) in [6.45, 7) is 3.93. The lowest BCUT2D eigenvalue weighted by molar-refractivity contribution is 0.262. The summed E-state index contributed by atoms with van der Waals surface area (Å²) >= 11 is 10.8. The number of nitrogens with two attached hydrogens (primary N) is 1. The third kappa shape index (κ3) is 3.36. The third-order valence-corrected chi connectivity index (χ3v) is 2.61. The summed E-state index contributed by atoms with van der Waals surface area (Å²) in [4.78, 5) is 0.372. The molecule has 4 heteroatoms. The third-order valence-electron chi connectivity index (χ3n) is 2.11. The Labute approximate surface area is 100 Å². The minimum absolute atomic E-state index is 0.225. The molecular weight excluding hydrogens is 230 g/mol. The number of aryl methyl sites for hydroxylation is 1. The van der Waals surface area contributed by atoms with E-state index in [0.29, 0.717) is 10.0 Å². The van der Waals surface area contributed by atoms with Crippen molar-refractivity contribution in [2.24, 2.45) is 5.73 Å². The first-order chi connectivity index (χ1) is 7.04. The molecule has 1 atom stereocenters. The Morgan fingerprint density at radius 2 is 2.27 bits per heavy atom. The molecule has 1 unspecified atom stereocenters. The van der Waals surface area contributed by atoms with E-state index in [2.05, 4.69) is 0 Å². The predicted molar refractivity (Wildman–Crippen MR) is 67.7 cm³/mol. The maximum atomic E-state index is 5.88. The van der Waals surface area contributed by atoms with Gasteiger partial charge in [-0.2, -0.15) is 0 Å². The van der Waals surface area contributed by atoms with E-state index >= 15 is 0 Å². The second-order valence-electron chi connectivity index (χ2n) is 3.33.